The van der Waals surface area contributed by atoms with Gasteiger partial charge in [-0.2, -0.15) is 26.3 Å². The van der Waals surface area contributed by atoms with Gasteiger partial charge in [-0.15, -0.1) is 0 Å². The zero-order valence-electron chi connectivity index (χ0n) is 46.4. The van der Waals surface area contributed by atoms with Crippen LogP contribution in [0.5, 0.6) is 23.0 Å². The van der Waals surface area contributed by atoms with Crippen molar-refractivity contribution < 1.29 is 81.7 Å². The molecule has 0 saturated carbocycles. The molecule has 2 heterocycles. The van der Waals surface area contributed by atoms with Crippen molar-refractivity contribution in [1.82, 2.24) is 15.3 Å². The Labute approximate surface area is 493 Å². The lowest BCUT2D eigenvalue weighted by atomic mass is 9.80. The number of anilines is 2. The fourth-order valence-electron chi connectivity index (χ4n) is 9.62. The van der Waals surface area contributed by atoms with Crippen molar-refractivity contribution in [3.63, 3.8) is 0 Å². The van der Waals surface area contributed by atoms with Crippen LogP contribution in [0.3, 0.4) is 0 Å². The summed E-state index contributed by atoms with van der Waals surface area (Å²) in [5.41, 5.74) is 2.63. The molecule has 0 unspecified atom stereocenters. The molecular formula is C61H61F6N5O12S2. The Morgan fingerprint density at radius 1 is 0.488 bits per heavy atom. The van der Waals surface area contributed by atoms with Crippen molar-refractivity contribution in [2.45, 2.75) is 30.0 Å². The normalized spacial score (nSPS) is 15.3. The summed E-state index contributed by atoms with van der Waals surface area (Å²) >= 11 is 0. The molecule has 7 aromatic rings. The number of hydrogen-bond donors (Lipinski definition) is 2. The first-order valence-electron chi connectivity index (χ1n) is 26.8. The molecule has 2 aliphatic heterocycles. The smallest absolute Gasteiger partial charge is 0.416 e. The first-order chi connectivity index (χ1) is 40.9. The molecule has 0 spiro atoms. The third-order valence-electron chi connectivity index (χ3n) is 14.0. The number of halogens is 6. The van der Waals surface area contributed by atoms with Crippen molar-refractivity contribution in [3.05, 3.63) is 216 Å². The minimum Gasteiger partial charge on any atom is -0.480 e. The van der Waals surface area contributed by atoms with Crippen molar-refractivity contribution in [2.24, 2.45) is 0 Å². The SMILES string of the molecule is CS(=O)(=O)N(C[C@@H](C(=O)NOC(c1ccccc1)(c1ccccc1)c1ccccc1)N1CCOCC1)c1ccc(Oc2ccc(C(F)(F)F)cc2)cc1.CS(=O)(=O)N(C[C@@H](C(=O)O)N1CCOCC1)c1ccc(Oc2ccc(C(F)(F)F)cc2)cc1. The van der Waals surface area contributed by atoms with Crippen LogP contribution in [0.2, 0.25) is 0 Å². The second kappa shape index (κ2) is 28.0. The minimum absolute atomic E-state index is 0.173. The molecule has 9 rings (SSSR count). The highest BCUT2D eigenvalue weighted by atomic mass is 32.2. The first kappa shape index (κ1) is 64.0. The van der Waals surface area contributed by atoms with E-state index >= 15 is 0 Å². The van der Waals surface area contributed by atoms with Gasteiger partial charge in [0.15, 0.2) is 5.60 Å². The highest BCUT2D eigenvalue weighted by Crippen LogP contribution is 2.40. The zero-order valence-corrected chi connectivity index (χ0v) is 48.1. The number of hydrogen-bond acceptors (Lipinski definition) is 13. The van der Waals surface area contributed by atoms with E-state index in [2.05, 4.69) is 5.48 Å². The Hall–Kier alpha value is -8.04. The van der Waals surface area contributed by atoms with Crippen LogP contribution in [0.25, 0.3) is 0 Å². The lowest BCUT2D eigenvalue weighted by molar-refractivity contribution is -0.150. The van der Waals surface area contributed by atoms with Gasteiger partial charge in [-0.3, -0.25) is 32.8 Å². The van der Waals surface area contributed by atoms with Crippen LogP contribution in [0.4, 0.5) is 37.7 Å². The molecule has 86 heavy (non-hydrogen) atoms. The van der Waals surface area contributed by atoms with E-state index in [4.69, 9.17) is 23.8 Å². The third kappa shape index (κ3) is 16.7. The minimum atomic E-state index is -4.48. The van der Waals surface area contributed by atoms with Gasteiger partial charge < -0.3 is 24.1 Å². The van der Waals surface area contributed by atoms with E-state index in [9.17, 15) is 57.9 Å². The van der Waals surface area contributed by atoms with Crippen LogP contribution in [0.15, 0.2) is 188 Å². The molecule has 0 aliphatic carbocycles. The molecule has 456 valence electrons. The molecule has 0 aromatic heterocycles. The van der Waals surface area contributed by atoms with E-state index in [1.165, 1.54) is 72.8 Å². The Morgan fingerprint density at radius 2 is 0.791 bits per heavy atom. The standard InChI is InChI=1S/C40H38F3N3O6S.C21H23F3N2O6S/c1-53(48,49)46(34-19-23-36(24-20-34)51-35-21-17-33(18-22-35)40(41,42)43)29-37(45-25-27-50-28-26-45)38(47)44-52-39(30-11-5-2-6-12-30,31-13-7-3-8-14-31)32-15-9-4-10-16-32;1-33(29,30)26(14-19(20(27)28)25-10-12-31-13-11-25)16-4-8-18(9-5-16)32-17-6-2-15(3-7-17)21(22,23)24/h2-24,37H,25-29H2,1H3,(H,44,47);2-9,19H,10-14H2,1H3,(H,27,28)/t37-;19-/m00/s1. The Kier molecular flexibility index (Phi) is 20.8. The maximum Gasteiger partial charge on any atom is 0.416 e. The average molecular weight is 1230 g/mol. The zero-order chi connectivity index (χ0) is 61.7. The fraction of sp³-hybridized carbons (Fsp3) is 0.279. The maximum absolute atomic E-state index is 14.4. The predicted octanol–water partition coefficient (Wildman–Crippen LogP) is 10.1. The molecule has 2 saturated heterocycles. The number of nitrogens with one attached hydrogen (secondary N) is 1. The van der Waals surface area contributed by atoms with E-state index in [1.807, 2.05) is 95.9 Å². The van der Waals surface area contributed by atoms with Crippen molar-refractivity contribution >= 4 is 43.3 Å². The van der Waals surface area contributed by atoms with Gasteiger partial charge >= 0.3 is 18.3 Å². The highest BCUT2D eigenvalue weighted by Gasteiger charge is 2.41. The summed E-state index contributed by atoms with van der Waals surface area (Å²) in [6.45, 7) is 2.34. The number of carbonyl (C=O) groups is 2. The van der Waals surface area contributed by atoms with Crippen LogP contribution in [0.1, 0.15) is 27.8 Å². The van der Waals surface area contributed by atoms with Crippen molar-refractivity contribution in [1.29, 1.82) is 0 Å². The Morgan fingerprint density at radius 3 is 1.09 bits per heavy atom. The molecule has 25 heteroatoms. The highest BCUT2D eigenvalue weighted by molar-refractivity contribution is 7.92. The van der Waals surface area contributed by atoms with Gasteiger partial charge in [-0.1, -0.05) is 91.0 Å². The number of rotatable bonds is 21. The molecule has 1 amide bonds. The van der Waals surface area contributed by atoms with E-state index in [-0.39, 0.29) is 47.5 Å². The van der Waals surface area contributed by atoms with Gasteiger partial charge in [-0.05, 0) is 114 Å². The molecule has 2 N–H and O–H groups in total. The number of carboxylic acids is 1. The quantitative estimate of drug-likeness (QED) is 0.0392. The molecule has 2 fully saturated rings. The first-order valence-corrected chi connectivity index (χ1v) is 30.5. The number of carbonyl (C=O) groups excluding carboxylic acids is 1. The monoisotopic (exact) mass is 1230 g/mol. The van der Waals surface area contributed by atoms with E-state index in [1.54, 1.807) is 4.90 Å². The molecule has 0 radical (unpaired) electrons. The number of ether oxygens (including phenoxy) is 4. The number of alkyl halides is 6. The number of sulfonamides is 2. The van der Waals surface area contributed by atoms with Crippen LogP contribution in [0, 0.1) is 0 Å². The summed E-state index contributed by atoms with van der Waals surface area (Å²) < 4.78 is 153. The fourth-order valence-corrected chi connectivity index (χ4v) is 11.5. The Bertz CT molecular complexity index is 3450. The predicted molar refractivity (Wildman–Crippen MR) is 309 cm³/mol. The Balaban J connectivity index is 0.000000250. The van der Waals surface area contributed by atoms with Crippen LogP contribution < -0.4 is 23.6 Å². The van der Waals surface area contributed by atoms with Crippen LogP contribution >= 0.6 is 0 Å². The van der Waals surface area contributed by atoms with Gasteiger partial charge in [0.2, 0.25) is 20.0 Å². The third-order valence-corrected chi connectivity index (χ3v) is 16.3. The van der Waals surface area contributed by atoms with E-state index in [0.29, 0.717) is 52.6 Å². The second-order valence-electron chi connectivity index (χ2n) is 19.8. The molecule has 17 nitrogen and oxygen atoms in total. The molecule has 2 aliphatic rings. The number of amides is 1. The van der Waals surface area contributed by atoms with Gasteiger partial charge in [-0.25, -0.2) is 22.3 Å². The molecular weight excluding hydrogens is 1170 g/mol. The summed E-state index contributed by atoms with van der Waals surface area (Å²) in [4.78, 5) is 36.3. The maximum atomic E-state index is 14.4. The summed E-state index contributed by atoms with van der Waals surface area (Å²) in [5.74, 6) is -0.809. The molecule has 7 aromatic carbocycles. The van der Waals surface area contributed by atoms with Crippen LogP contribution in [-0.2, 0) is 61.9 Å². The van der Waals surface area contributed by atoms with Gasteiger partial charge in [0, 0.05) is 26.2 Å². The summed E-state index contributed by atoms with van der Waals surface area (Å²) in [5, 5.41) is 9.67. The largest absolute Gasteiger partial charge is 0.480 e. The van der Waals surface area contributed by atoms with Crippen molar-refractivity contribution in [3.8, 4) is 23.0 Å². The molecule has 2 atom stereocenters. The summed E-state index contributed by atoms with van der Waals surface area (Å²) in [6, 6.07) is 46.7. The number of benzene rings is 7. The summed E-state index contributed by atoms with van der Waals surface area (Å²) in [6.07, 6.45) is -6.90. The number of carboxylic acid groups (broad SMARTS) is 1. The lowest BCUT2D eigenvalue weighted by Gasteiger charge is -2.38. The summed E-state index contributed by atoms with van der Waals surface area (Å²) in [7, 11) is -7.75. The van der Waals surface area contributed by atoms with E-state index < -0.39 is 73.1 Å². The average Bonchev–Trinajstić information content (AvgIpc) is 1.09. The number of morpholine rings is 2. The van der Waals surface area contributed by atoms with E-state index in [0.717, 1.165) is 62.1 Å². The van der Waals surface area contributed by atoms with Crippen molar-refractivity contribution in [2.75, 3.05) is 86.8 Å². The van der Waals surface area contributed by atoms with Gasteiger partial charge in [0.1, 0.15) is 35.1 Å². The van der Waals surface area contributed by atoms with Crippen LogP contribution in [-0.4, -0.2) is 134 Å². The second-order valence-corrected chi connectivity index (χ2v) is 23.7. The topological polar surface area (TPSA) is 194 Å². The number of hydroxylamine groups is 1. The van der Waals surface area contributed by atoms with Gasteiger partial charge in [0.05, 0.1) is 74.5 Å². The lowest BCUT2D eigenvalue weighted by Crippen LogP contribution is -2.57. The number of nitrogens with zero attached hydrogens (tertiary/aromatic N) is 4. The molecule has 0 bridgehead atoms. The number of aliphatic carboxylic acids is 1. The van der Waals surface area contributed by atoms with Gasteiger partial charge in [0.25, 0.3) is 5.91 Å².